The maximum atomic E-state index is 13.8. The second kappa shape index (κ2) is 14.6. The van der Waals surface area contributed by atoms with Crippen LogP contribution in [-0.2, 0) is 0 Å². The quantitative estimate of drug-likeness (QED) is 0.246. The monoisotopic (exact) mass is 653 g/mol. The lowest BCUT2D eigenvalue weighted by Gasteiger charge is -2.36. The van der Waals surface area contributed by atoms with Gasteiger partial charge in [-0.15, -0.1) is 11.3 Å². The summed E-state index contributed by atoms with van der Waals surface area (Å²) in [6.45, 7) is 7.43. The van der Waals surface area contributed by atoms with Crippen LogP contribution in [0.4, 0.5) is 13.2 Å². The number of amides is 1. The van der Waals surface area contributed by atoms with Crippen LogP contribution in [0, 0.1) is 11.8 Å². The number of allylic oxidation sites excluding steroid dienone is 4. The molecule has 2 aromatic heterocycles. The minimum atomic E-state index is -4.30. The Morgan fingerprint density at radius 2 is 1.85 bits per heavy atom. The first-order valence-electron chi connectivity index (χ1n) is 15.8. The Labute approximate surface area is 272 Å². The molecule has 2 N–H and O–H groups in total. The smallest absolute Gasteiger partial charge is 0.374 e. The van der Waals surface area contributed by atoms with Crippen molar-refractivity contribution in [1.29, 1.82) is 0 Å². The van der Waals surface area contributed by atoms with E-state index in [1.54, 1.807) is 25.4 Å². The number of thiazole rings is 1. The van der Waals surface area contributed by atoms with Crippen LogP contribution in [0.2, 0.25) is 0 Å². The molecule has 46 heavy (non-hydrogen) atoms. The number of halogens is 3. The largest absolute Gasteiger partial charge is 0.395 e. The average Bonchev–Trinajstić information content (AvgIpc) is 3.54. The maximum absolute atomic E-state index is 13.8. The summed E-state index contributed by atoms with van der Waals surface area (Å²) in [5.74, 6) is -2.16. The van der Waals surface area contributed by atoms with Gasteiger partial charge >= 0.3 is 6.18 Å². The van der Waals surface area contributed by atoms with Gasteiger partial charge in [0, 0.05) is 54.9 Å². The van der Waals surface area contributed by atoms with Crippen molar-refractivity contribution in [2.45, 2.75) is 64.0 Å². The molecule has 1 aliphatic heterocycles. The number of rotatable bonds is 10. The fourth-order valence-corrected chi connectivity index (χ4v) is 7.55. The van der Waals surface area contributed by atoms with Gasteiger partial charge in [-0.25, -0.2) is 4.98 Å². The number of aromatic nitrogens is 2. The lowest BCUT2D eigenvalue weighted by Crippen LogP contribution is -2.43. The zero-order valence-corrected chi connectivity index (χ0v) is 27.4. The van der Waals surface area contributed by atoms with Crippen LogP contribution < -0.4 is 5.32 Å². The van der Waals surface area contributed by atoms with Gasteiger partial charge in [-0.3, -0.25) is 14.7 Å². The predicted octanol–water partition coefficient (Wildman–Crippen LogP) is 6.99. The maximum Gasteiger partial charge on any atom is 0.395 e. The molecule has 1 fully saturated rings. The number of aliphatic hydroxyl groups is 1. The van der Waals surface area contributed by atoms with Crippen LogP contribution in [0.25, 0.3) is 5.57 Å². The number of nitrogens with zero attached hydrogens (tertiary/aromatic N) is 4. The van der Waals surface area contributed by atoms with Crippen molar-refractivity contribution in [1.82, 2.24) is 25.1 Å². The zero-order valence-electron chi connectivity index (χ0n) is 26.6. The molecule has 7 nitrogen and oxygen atoms in total. The third kappa shape index (κ3) is 7.43. The van der Waals surface area contributed by atoms with Gasteiger partial charge in [-0.05, 0) is 68.5 Å². The summed E-state index contributed by atoms with van der Waals surface area (Å²) < 4.78 is 40.2. The van der Waals surface area contributed by atoms with E-state index >= 15 is 0 Å². The van der Waals surface area contributed by atoms with Crippen molar-refractivity contribution >= 4 is 22.8 Å². The van der Waals surface area contributed by atoms with Crippen molar-refractivity contribution in [2.24, 2.45) is 11.8 Å². The van der Waals surface area contributed by atoms with Gasteiger partial charge in [0.15, 0.2) is 0 Å². The highest BCUT2D eigenvalue weighted by Gasteiger charge is 2.42. The van der Waals surface area contributed by atoms with Gasteiger partial charge in [0.25, 0.3) is 5.91 Å². The fourth-order valence-electron chi connectivity index (χ4n) is 6.58. The van der Waals surface area contributed by atoms with E-state index in [1.807, 2.05) is 72.5 Å². The summed E-state index contributed by atoms with van der Waals surface area (Å²) in [5.41, 5.74) is 3.55. The van der Waals surface area contributed by atoms with Crippen LogP contribution >= 0.6 is 11.3 Å². The van der Waals surface area contributed by atoms with Crippen LogP contribution in [0.15, 0.2) is 72.4 Å². The number of pyridine rings is 1. The van der Waals surface area contributed by atoms with Crippen molar-refractivity contribution in [2.75, 3.05) is 26.7 Å². The number of alkyl halides is 3. The van der Waals surface area contributed by atoms with E-state index in [9.17, 15) is 23.1 Å². The first-order chi connectivity index (χ1) is 22.0. The Morgan fingerprint density at radius 1 is 1.15 bits per heavy atom. The summed E-state index contributed by atoms with van der Waals surface area (Å²) in [5, 5.41) is 17.4. The predicted molar refractivity (Wildman–Crippen MR) is 175 cm³/mol. The number of hydrogen-bond acceptors (Lipinski definition) is 7. The van der Waals surface area contributed by atoms with Gasteiger partial charge in [-0.1, -0.05) is 49.4 Å². The third-order valence-electron chi connectivity index (χ3n) is 9.00. The Hall–Kier alpha value is -3.38. The van der Waals surface area contributed by atoms with Gasteiger partial charge < -0.3 is 15.3 Å². The highest BCUT2D eigenvalue weighted by Crippen LogP contribution is 2.41. The SMILES string of the molecule is CNCC(c1ccncc1)N(C(=O)c1csc(C2CCN(C(O)c3ccccc3C3=CC(C)C(C(F)(F)F)C=C3)CC2)n1)C(C)C. The van der Waals surface area contributed by atoms with Gasteiger partial charge in [0.1, 0.15) is 11.9 Å². The van der Waals surface area contributed by atoms with Gasteiger partial charge in [0.05, 0.1) is 17.0 Å². The van der Waals surface area contributed by atoms with E-state index in [0.29, 0.717) is 36.5 Å². The van der Waals surface area contributed by atoms with Crippen molar-refractivity contribution in [3.8, 4) is 0 Å². The molecule has 0 bridgehead atoms. The summed E-state index contributed by atoms with van der Waals surface area (Å²) >= 11 is 1.50. The fraction of sp³-hybridized carbons (Fsp3) is 0.457. The molecule has 1 saturated heterocycles. The Balaban J connectivity index is 1.26. The average molecular weight is 654 g/mol. The molecule has 1 aromatic carbocycles. The second-order valence-corrected chi connectivity index (χ2v) is 13.3. The molecule has 4 atom stereocenters. The number of likely N-dealkylation sites (N-methyl/N-ethyl adjacent to an activating group) is 1. The van der Waals surface area contributed by atoms with Crippen LogP contribution in [0.3, 0.4) is 0 Å². The molecule has 3 heterocycles. The minimum absolute atomic E-state index is 0.0501. The molecular formula is C35H42F3N5O2S. The molecule has 1 aliphatic carbocycles. The van der Waals surface area contributed by atoms with Crippen molar-refractivity contribution < 1.29 is 23.1 Å². The van der Waals surface area contributed by atoms with Crippen LogP contribution in [0.5, 0.6) is 0 Å². The molecule has 11 heteroatoms. The lowest BCUT2D eigenvalue weighted by molar-refractivity contribution is -0.168. The molecule has 0 spiro atoms. The normalized spacial score (nSPS) is 20.8. The number of nitrogens with one attached hydrogen (secondary N) is 1. The first kappa shape index (κ1) is 34.0. The highest BCUT2D eigenvalue weighted by atomic mass is 32.1. The summed E-state index contributed by atoms with van der Waals surface area (Å²) in [6, 6.07) is 11.0. The molecule has 3 aromatic rings. The van der Waals surface area contributed by atoms with Crippen LogP contribution in [-0.4, -0.2) is 69.7 Å². The van der Waals surface area contributed by atoms with Crippen LogP contribution in [0.1, 0.15) is 84.0 Å². The lowest BCUT2D eigenvalue weighted by atomic mass is 9.83. The standard InChI is InChI=1S/C35H42F3N5O2S/c1-22(2)43(31(20-39-4)24-11-15-40-16-12-24)34(45)30-21-46-32(41-30)25-13-17-42(18-14-25)33(44)28-8-6-5-7-27(28)26-9-10-29(23(3)19-26)35(36,37)38/h5-12,15-16,19,21-23,25,29,31,33,39,44H,13-14,17-18,20H2,1-4H3. The molecule has 0 radical (unpaired) electrons. The number of carbonyl (C=O) groups excluding carboxylic acids is 1. The highest BCUT2D eigenvalue weighted by molar-refractivity contribution is 7.09. The number of benzene rings is 1. The number of hydrogen-bond donors (Lipinski definition) is 2. The summed E-state index contributed by atoms with van der Waals surface area (Å²) in [7, 11) is 1.87. The van der Waals surface area contributed by atoms with Gasteiger partial charge in [-0.2, -0.15) is 13.2 Å². The Kier molecular flexibility index (Phi) is 10.8. The number of carbonyl (C=O) groups is 1. The van der Waals surface area contributed by atoms with E-state index in [2.05, 4.69) is 10.3 Å². The van der Waals surface area contributed by atoms with E-state index in [1.165, 1.54) is 23.5 Å². The summed E-state index contributed by atoms with van der Waals surface area (Å²) in [6.07, 6.45) is 4.21. The van der Waals surface area contributed by atoms with Gasteiger partial charge in [0.2, 0.25) is 0 Å². The van der Waals surface area contributed by atoms with E-state index in [4.69, 9.17) is 4.98 Å². The summed E-state index contributed by atoms with van der Waals surface area (Å²) in [4.78, 5) is 26.7. The second-order valence-electron chi connectivity index (χ2n) is 12.4. The van der Waals surface area contributed by atoms with E-state index in [0.717, 1.165) is 29.0 Å². The van der Waals surface area contributed by atoms with Crippen molar-refractivity contribution in [3.63, 3.8) is 0 Å². The van der Waals surface area contributed by atoms with Crippen molar-refractivity contribution in [3.05, 3.63) is 99.8 Å². The Morgan fingerprint density at radius 3 is 2.48 bits per heavy atom. The molecule has 1 amide bonds. The van der Waals surface area contributed by atoms with E-state index < -0.39 is 24.2 Å². The molecular weight excluding hydrogens is 611 g/mol. The number of piperidine rings is 1. The number of likely N-dealkylation sites (tertiary alicyclic amines) is 1. The third-order valence-corrected chi connectivity index (χ3v) is 10.0. The number of aliphatic hydroxyl groups excluding tert-OH is 1. The molecule has 4 unspecified atom stereocenters. The minimum Gasteiger partial charge on any atom is -0.374 e. The molecule has 246 valence electrons. The molecule has 0 saturated carbocycles. The first-order valence-corrected chi connectivity index (χ1v) is 16.7. The molecule has 5 rings (SSSR count). The topological polar surface area (TPSA) is 81.6 Å². The zero-order chi connectivity index (χ0) is 33.0. The van der Waals surface area contributed by atoms with E-state index in [-0.39, 0.29) is 23.9 Å². The molecule has 2 aliphatic rings. The Bertz CT molecular complexity index is 1530.